The Bertz CT molecular complexity index is 5220. The molecule has 566 valence electrons. The number of thioether (sulfide) groups is 2. The van der Waals surface area contributed by atoms with Crippen LogP contribution in [0.2, 0.25) is 0 Å². The van der Waals surface area contributed by atoms with Crippen LogP contribution in [0.3, 0.4) is 0 Å². The molecule has 4 unspecified atom stereocenters. The number of unbranched alkanes of at least 4 members (excludes halogenated alkanes) is 2. The van der Waals surface area contributed by atoms with E-state index in [2.05, 4.69) is 390 Å². The summed E-state index contributed by atoms with van der Waals surface area (Å²) >= 11 is 3.74. The fourth-order valence-corrected chi connectivity index (χ4v) is 19.0. The van der Waals surface area contributed by atoms with Crippen LogP contribution in [0.15, 0.2) is 363 Å². The van der Waals surface area contributed by atoms with Crippen molar-refractivity contribution in [3.63, 3.8) is 0 Å². The van der Waals surface area contributed by atoms with Crippen molar-refractivity contribution < 1.29 is 9.47 Å². The first kappa shape index (κ1) is 76.4. The number of hydrogen-bond donors (Lipinski definition) is 0. The molecule has 14 aromatic carbocycles. The quantitative estimate of drug-likeness (QED) is 0.0380. The van der Waals surface area contributed by atoms with Gasteiger partial charge in [0.15, 0.2) is 0 Å². The van der Waals surface area contributed by atoms with Crippen LogP contribution in [0.25, 0.3) is 45.5 Å². The third-order valence-corrected chi connectivity index (χ3v) is 25.8. The van der Waals surface area contributed by atoms with Crippen molar-refractivity contribution in [3.8, 4) is 44.9 Å². The van der Waals surface area contributed by atoms with E-state index in [9.17, 15) is 0 Å². The van der Waals surface area contributed by atoms with E-state index >= 15 is 0 Å². The molecular formula is C108H100N2O2S2. The number of anilines is 6. The lowest BCUT2D eigenvalue weighted by atomic mass is 9.67. The van der Waals surface area contributed by atoms with E-state index in [1.54, 1.807) is 0 Å². The average Bonchev–Trinajstić information content (AvgIpc) is 1.50. The minimum absolute atomic E-state index is 0.527. The SMILES string of the molecule is C=Cc1ccc(CSc2ccc(C3(c4ccc(OCC(CC)CCCC)cc4)c4ccccc4-c4ccc(N(c5ccccc5)c5ccc(-c6ccc(N(c7ccccc7)c7ccc8c(c7)C(c7ccc(OCC(CC)CCCC)cc7)(c7ccc(SCc9ccc(C=C)cc9)cc7)c7ccccc7-8)cc6)cc5)cc43)cc2)cc1. The van der Waals surface area contributed by atoms with Crippen molar-refractivity contribution in [1.29, 1.82) is 0 Å². The topological polar surface area (TPSA) is 24.9 Å². The summed E-state index contributed by atoms with van der Waals surface area (Å²) in [5.74, 6) is 4.61. The second-order valence-corrected chi connectivity index (χ2v) is 32.6. The van der Waals surface area contributed by atoms with E-state index in [0.29, 0.717) is 11.8 Å². The Morgan fingerprint density at radius 1 is 0.325 bits per heavy atom. The zero-order valence-corrected chi connectivity index (χ0v) is 67.7. The fourth-order valence-electron chi connectivity index (χ4n) is 17.3. The van der Waals surface area contributed by atoms with Crippen molar-refractivity contribution in [2.75, 3.05) is 23.0 Å². The number of para-hydroxylation sites is 2. The molecule has 0 radical (unpaired) electrons. The van der Waals surface area contributed by atoms with Crippen molar-refractivity contribution >= 4 is 69.8 Å². The van der Waals surface area contributed by atoms with Gasteiger partial charge >= 0.3 is 0 Å². The summed E-state index contributed by atoms with van der Waals surface area (Å²) in [5, 5.41) is 0. The van der Waals surface area contributed by atoms with Gasteiger partial charge in [0.1, 0.15) is 11.5 Å². The summed E-state index contributed by atoms with van der Waals surface area (Å²) in [6.45, 7) is 18.5. The van der Waals surface area contributed by atoms with Crippen LogP contribution in [0.4, 0.5) is 34.1 Å². The summed E-state index contributed by atoms with van der Waals surface area (Å²) in [6, 6.07) is 127. The van der Waals surface area contributed by atoms with Gasteiger partial charge in [-0.15, -0.1) is 23.5 Å². The summed E-state index contributed by atoms with van der Waals surface area (Å²) in [5.41, 5.74) is 27.0. The monoisotopic (exact) mass is 1520 g/mol. The van der Waals surface area contributed by atoms with E-state index in [1.165, 1.54) is 126 Å². The minimum Gasteiger partial charge on any atom is -0.493 e. The summed E-state index contributed by atoms with van der Waals surface area (Å²) in [6.07, 6.45) is 13.2. The van der Waals surface area contributed by atoms with Crippen molar-refractivity contribution in [2.24, 2.45) is 11.8 Å². The van der Waals surface area contributed by atoms with Gasteiger partial charge in [-0.3, -0.25) is 0 Å². The van der Waals surface area contributed by atoms with Crippen LogP contribution in [0.5, 0.6) is 11.5 Å². The molecule has 6 heteroatoms. The Kier molecular flexibility index (Phi) is 23.6. The molecule has 0 aliphatic heterocycles. The van der Waals surface area contributed by atoms with Gasteiger partial charge in [-0.2, -0.15) is 0 Å². The van der Waals surface area contributed by atoms with E-state index in [1.807, 2.05) is 35.7 Å². The van der Waals surface area contributed by atoms with Gasteiger partial charge in [-0.1, -0.05) is 310 Å². The normalized spacial score (nSPS) is 14.9. The Labute approximate surface area is 685 Å². The molecule has 0 N–H and O–H groups in total. The van der Waals surface area contributed by atoms with E-state index in [0.717, 1.165) is 105 Å². The van der Waals surface area contributed by atoms with Gasteiger partial charge in [-0.05, 0) is 246 Å². The number of rotatable bonds is 33. The molecule has 14 aromatic rings. The predicted molar refractivity (Wildman–Crippen MR) is 486 cm³/mol. The molecule has 2 aliphatic rings. The third kappa shape index (κ3) is 15.6. The molecule has 2 aliphatic carbocycles. The molecule has 0 spiro atoms. The van der Waals surface area contributed by atoms with Crippen LogP contribution in [-0.2, 0) is 22.3 Å². The number of ether oxygens (including phenoxy) is 2. The smallest absolute Gasteiger partial charge is 0.119 e. The average molecular weight is 1520 g/mol. The second-order valence-electron chi connectivity index (χ2n) is 30.5. The molecule has 4 atom stereocenters. The minimum atomic E-state index is -0.662. The Morgan fingerprint density at radius 2 is 0.649 bits per heavy atom. The Morgan fingerprint density at radius 3 is 1.00 bits per heavy atom. The van der Waals surface area contributed by atoms with Crippen molar-refractivity contribution in [1.82, 2.24) is 0 Å². The zero-order valence-electron chi connectivity index (χ0n) is 66.1. The first-order chi connectivity index (χ1) is 56.2. The lowest BCUT2D eigenvalue weighted by Crippen LogP contribution is -2.29. The van der Waals surface area contributed by atoms with Crippen LogP contribution < -0.4 is 19.3 Å². The maximum absolute atomic E-state index is 6.64. The molecule has 0 amide bonds. The molecule has 0 saturated carbocycles. The fraction of sp³-hybridized carbons (Fsp3) is 0.185. The molecule has 4 nitrogen and oxygen atoms in total. The first-order valence-electron chi connectivity index (χ1n) is 41.0. The van der Waals surface area contributed by atoms with Crippen LogP contribution in [0.1, 0.15) is 146 Å². The summed E-state index contributed by atoms with van der Waals surface area (Å²) in [4.78, 5) is 7.30. The maximum Gasteiger partial charge on any atom is 0.119 e. The van der Waals surface area contributed by atoms with E-state index < -0.39 is 10.8 Å². The lowest BCUT2D eigenvalue weighted by molar-refractivity contribution is 0.233. The van der Waals surface area contributed by atoms with Crippen LogP contribution in [-0.4, -0.2) is 13.2 Å². The molecule has 0 heterocycles. The standard InChI is InChI=1S/C108H100N2O2S2/c1-7-13-25-79(11-5)73-111-95-61-47-85(48-62-95)107(87-51-65-97(66-52-87)113-75-81-39-35-77(9-3)36-40-81)103-33-23-21-31-99(103)101-69-59-93(71-105(101)107)109(89-27-17-15-18-28-89)91-55-43-83(44-56-91)84-45-57-92(58-46-84)110(90-29-19-16-20-30-90)94-60-70-102-100-32-22-24-34-104(100)108(106(102)72-94,86-49-63-96(64-50-86)112-74-80(12-6)26-14-8-2)88-53-67-98(68-54-88)114-76-82-41-37-78(10-4)38-42-82/h9-10,15-24,27-72,79-80H,3-4,7-8,11-14,25-26,73-76H2,1-2,5-6H3. The van der Waals surface area contributed by atoms with Crippen molar-refractivity contribution in [2.45, 2.75) is 111 Å². The van der Waals surface area contributed by atoms with Crippen LogP contribution >= 0.6 is 23.5 Å². The number of nitrogens with zero attached hydrogens (tertiary/aromatic N) is 2. The molecule has 0 bridgehead atoms. The highest BCUT2D eigenvalue weighted by molar-refractivity contribution is 7.98. The Balaban J connectivity index is 0.742. The largest absolute Gasteiger partial charge is 0.493 e. The van der Waals surface area contributed by atoms with Gasteiger partial charge in [0, 0.05) is 55.4 Å². The number of fused-ring (bicyclic) bond motifs is 6. The zero-order chi connectivity index (χ0) is 77.8. The van der Waals surface area contributed by atoms with Crippen molar-refractivity contribution in [3.05, 3.63) is 420 Å². The Hall–Kier alpha value is -11.5. The predicted octanol–water partition coefficient (Wildman–Crippen LogP) is 30.1. The number of hydrogen-bond acceptors (Lipinski definition) is 6. The summed E-state index contributed by atoms with van der Waals surface area (Å²) in [7, 11) is 0. The van der Waals surface area contributed by atoms with E-state index in [-0.39, 0.29) is 0 Å². The van der Waals surface area contributed by atoms with Crippen LogP contribution in [0, 0.1) is 11.8 Å². The van der Waals surface area contributed by atoms with E-state index in [4.69, 9.17) is 9.47 Å². The lowest BCUT2D eigenvalue weighted by Gasteiger charge is -2.35. The molecule has 16 rings (SSSR count). The van der Waals surface area contributed by atoms with Gasteiger partial charge in [-0.25, -0.2) is 0 Å². The second kappa shape index (κ2) is 35.2. The maximum atomic E-state index is 6.64. The highest BCUT2D eigenvalue weighted by Crippen LogP contribution is 2.60. The first-order valence-corrected chi connectivity index (χ1v) is 42.9. The van der Waals surface area contributed by atoms with Gasteiger partial charge in [0.2, 0.25) is 0 Å². The molecule has 0 aromatic heterocycles. The summed E-state index contributed by atoms with van der Waals surface area (Å²) < 4.78 is 13.3. The third-order valence-electron chi connectivity index (χ3n) is 23.6. The van der Waals surface area contributed by atoms with Gasteiger partial charge in [0.25, 0.3) is 0 Å². The molecule has 0 fully saturated rings. The number of benzene rings is 14. The molecular weight excluding hydrogens is 1420 g/mol. The molecule has 114 heavy (non-hydrogen) atoms. The van der Waals surface area contributed by atoms with Gasteiger partial charge in [0.05, 0.1) is 24.0 Å². The highest BCUT2D eigenvalue weighted by Gasteiger charge is 2.48. The highest BCUT2D eigenvalue weighted by atomic mass is 32.2. The molecule has 0 saturated heterocycles. The van der Waals surface area contributed by atoms with Gasteiger partial charge < -0.3 is 19.3 Å².